The highest BCUT2D eigenvalue weighted by atomic mass is 16.1. The number of rotatable bonds is 3. The van der Waals surface area contributed by atoms with E-state index < -0.39 is 0 Å². The number of ketones is 1. The molecule has 1 N–H and O–H groups in total. The van der Waals surface area contributed by atoms with Crippen LogP contribution in [0.3, 0.4) is 0 Å². The number of hydrogen-bond acceptors (Lipinski definition) is 2. The van der Waals surface area contributed by atoms with E-state index in [2.05, 4.69) is 12.2 Å². The zero-order valence-corrected chi connectivity index (χ0v) is 7.39. The van der Waals surface area contributed by atoms with Gasteiger partial charge in [-0.2, -0.15) is 0 Å². The lowest BCUT2D eigenvalue weighted by Gasteiger charge is -2.16. The van der Waals surface area contributed by atoms with Crippen LogP contribution in [0, 0.1) is 5.92 Å². The second-order valence-electron chi connectivity index (χ2n) is 3.31. The number of carbonyl (C=O) groups excluding carboxylic acids is 1. The van der Waals surface area contributed by atoms with Crippen molar-refractivity contribution in [2.45, 2.75) is 39.2 Å². The maximum atomic E-state index is 11.1. The summed E-state index contributed by atoms with van der Waals surface area (Å²) in [5, 5.41) is 3.36. The largest absolute Gasteiger partial charge is 0.314 e. The number of nitrogens with one attached hydrogen (secondary N) is 1. The molecule has 0 aromatic carbocycles. The molecule has 0 radical (unpaired) electrons. The molecular formula is C9H17NO. The third-order valence-corrected chi connectivity index (χ3v) is 2.50. The Hall–Kier alpha value is -0.370. The Kier molecular flexibility index (Phi) is 3.06. The summed E-state index contributed by atoms with van der Waals surface area (Å²) in [6.07, 6.45) is 3.48. The van der Waals surface area contributed by atoms with Gasteiger partial charge in [0, 0.05) is 12.0 Å². The number of Topliss-reactive ketones (excluding diaryl/α,β-unsaturated/α-hetero) is 1. The highest BCUT2D eigenvalue weighted by molar-refractivity contribution is 5.79. The molecule has 1 aliphatic rings. The van der Waals surface area contributed by atoms with Crippen LogP contribution >= 0.6 is 0 Å². The lowest BCUT2D eigenvalue weighted by molar-refractivity contribution is -0.121. The van der Waals surface area contributed by atoms with Gasteiger partial charge in [0.25, 0.3) is 0 Å². The molecule has 0 aromatic rings. The summed E-state index contributed by atoms with van der Waals surface area (Å²) in [5.41, 5.74) is 0. The Labute approximate surface area is 68.4 Å². The molecule has 0 spiro atoms. The predicted molar refractivity (Wildman–Crippen MR) is 45.5 cm³/mol. The van der Waals surface area contributed by atoms with Gasteiger partial charge in [0.2, 0.25) is 0 Å². The van der Waals surface area contributed by atoms with Crippen LogP contribution in [0.1, 0.15) is 33.1 Å². The van der Waals surface area contributed by atoms with E-state index in [0.29, 0.717) is 17.7 Å². The first-order chi connectivity index (χ1) is 5.25. The third kappa shape index (κ3) is 2.03. The van der Waals surface area contributed by atoms with E-state index in [1.165, 1.54) is 12.8 Å². The molecule has 0 saturated heterocycles. The maximum Gasteiger partial charge on any atom is 0.134 e. The fourth-order valence-corrected chi connectivity index (χ4v) is 1.95. The summed E-state index contributed by atoms with van der Waals surface area (Å²) < 4.78 is 0. The quantitative estimate of drug-likeness (QED) is 0.666. The van der Waals surface area contributed by atoms with Crippen molar-refractivity contribution in [2.75, 3.05) is 6.54 Å². The number of carbonyl (C=O) groups is 1. The maximum absolute atomic E-state index is 11.1. The van der Waals surface area contributed by atoms with E-state index in [1.54, 1.807) is 6.92 Å². The first-order valence-electron chi connectivity index (χ1n) is 4.49. The summed E-state index contributed by atoms with van der Waals surface area (Å²) >= 11 is 0. The SMILES string of the molecule is CCNC1CCCC1C(C)=O. The molecule has 11 heavy (non-hydrogen) atoms. The van der Waals surface area contributed by atoms with Crippen LogP contribution in [0.4, 0.5) is 0 Å². The number of hydrogen-bond donors (Lipinski definition) is 1. The molecule has 2 unspecified atom stereocenters. The first-order valence-corrected chi connectivity index (χ1v) is 4.49. The van der Waals surface area contributed by atoms with Gasteiger partial charge in [0.05, 0.1) is 0 Å². The van der Waals surface area contributed by atoms with Gasteiger partial charge in [-0.1, -0.05) is 13.3 Å². The summed E-state index contributed by atoms with van der Waals surface area (Å²) in [5.74, 6) is 0.656. The molecule has 1 fully saturated rings. The minimum atomic E-state index is 0.301. The van der Waals surface area contributed by atoms with Gasteiger partial charge < -0.3 is 5.32 Å². The van der Waals surface area contributed by atoms with Crippen molar-refractivity contribution in [2.24, 2.45) is 5.92 Å². The minimum absolute atomic E-state index is 0.301. The van der Waals surface area contributed by atoms with E-state index >= 15 is 0 Å². The molecule has 0 bridgehead atoms. The molecule has 2 nitrogen and oxygen atoms in total. The van der Waals surface area contributed by atoms with Gasteiger partial charge in [0.15, 0.2) is 0 Å². The fraction of sp³-hybridized carbons (Fsp3) is 0.889. The van der Waals surface area contributed by atoms with Crippen molar-refractivity contribution >= 4 is 5.78 Å². The molecule has 0 aliphatic heterocycles. The zero-order chi connectivity index (χ0) is 8.27. The van der Waals surface area contributed by atoms with E-state index in [9.17, 15) is 4.79 Å². The van der Waals surface area contributed by atoms with Crippen molar-refractivity contribution in [1.82, 2.24) is 5.32 Å². The molecule has 0 heterocycles. The van der Waals surface area contributed by atoms with Gasteiger partial charge in [-0.25, -0.2) is 0 Å². The van der Waals surface area contributed by atoms with E-state index in [-0.39, 0.29) is 0 Å². The summed E-state index contributed by atoms with van der Waals surface area (Å²) in [6.45, 7) is 4.78. The molecule has 0 aromatic heterocycles. The molecule has 1 aliphatic carbocycles. The highest BCUT2D eigenvalue weighted by Crippen LogP contribution is 2.25. The predicted octanol–water partition coefficient (Wildman–Crippen LogP) is 1.35. The zero-order valence-electron chi connectivity index (χ0n) is 7.39. The lowest BCUT2D eigenvalue weighted by atomic mass is 9.99. The van der Waals surface area contributed by atoms with Gasteiger partial charge in [-0.15, -0.1) is 0 Å². The summed E-state index contributed by atoms with van der Waals surface area (Å²) in [4.78, 5) is 11.1. The Balaban J connectivity index is 2.44. The van der Waals surface area contributed by atoms with Gasteiger partial charge in [0.1, 0.15) is 5.78 Å². The Morgan fingerprint density at radius 1 is 1.55 bits per heavy atom. The highest BCUT2D eigenvalue weighted by Gasteiger charge is 2.29. The third-order valence-electron chi connectivity index (χ3n) is 2.50. The van der Waals surface area contributed by atoms with Crippen LogP contribution in [0.25, 0.3) is 0 Å². The molecule has 1 saturated carbocycles. The van der Waals surface area contributed by atoms with E-state index in [0.717, 1.165) is 13.0 Å². The Morgan fingerprint density at radius 3 is 2.82 bits per heavy atom. The normalized spacial score (nSPS) is 30.7. The van der Waals surface area contributed by atoms with Crippen molar-refractivity contribution in [3.05, 3.63) is 0 Å². The second kappa shape index (κ2) is 3.86. The van der Waals surface area contributed by atoms with Gasteiger partial charge >= 0.3 is 0 Å². The Morgan fingerprint density at radius 2 is 2.27 bits per heavy atom. The summed E-state index contributed by atoms with van der Waals surface area (Å²) in [7, 11) is 0. The molecular weight excluding hydrogens is 138 g/mol. The molecule has 2 atom stereocenters. The van der Waals surface area contributed by atoms with Crippen molar-refractivity contribution in [1.29, 1.82) is 0 Å². The minimum Gasteiger partial charge on any atom is -0.314 e. The van der Waals surface area contributed by atoms with Crippen LogP contribution in [0.15, 0.2) is 0 Å². The van der Waals surface area contributed by atoms with Crippen molar-refractivity contribution < 1.29 is 4.79 Å². The first kappa shape index (κ1) is 8.72. The molecule has 2 heteroatoms. The van der Waals surface area contributed by atoms with E-state index in [4.69, 9.17) is 0 Å². The smallest absolute Gasteiger partial charge is 0.134 e. The van der Waals surface area contributed by atoms with Crippen molar-refractivity contribution in [3.8, 4) is 0 Å². The second-order valence-corrected chi connectivity index (χ2v) is 3.31. The van der Waals surface area contributed by atoms with Gasteiger partial charge in [-0.3, -0.25) is 4.79 Å². The van der Waals surface area contributed by atoms with E-state index in [1.807, 2.05) is 0 Å². The van der Waals surface area contributed by atoms with Crippen LogP contribution < -0.4 is 5.32 Å². The monoisotopic (exact) mass is 155 g/mol. The van der Waals surface area contributed by atoms with Crippen LogP contribution in [-0.2, 0) is 4.79 Å². The van der Waals surface area contributed by atoms with Crippen LogP contribution in [0.5, 0.6) is 0 Å². The fourth-order valence-electron chi connectivity index (χ4n) is 1.95. The topological polar surface area (TPSA) is 29.1 Å². The average molecular weight is 155 g/mol. The van der Waals surface area contributed by atoms with Crippen LogP contribution in [0.2, 0.25) is 0 Å². The standard InChI is InChI=1S/C9H17NO/c1-3-10-9-6-4-5-8(9)7(2)11/h8-10H,3-6H2,1-2H3. The van der Waals surface area contributed by atoms with Gasteiger partial charge in [-0.05, 0) is 26.3 Å². The average Bonchev–Trinajstić information content (AvgIpc) is 2.36. The molecule has 1 rings (SSSR count). The van der Waals surface area contributed by atoms with Crippen LogP contribution in [-0.4, -0.2) is 18.4 Å². The summed E-state index contributed by atoms with van der Waals surface area (Å²) in [6, 6.07) is 0.470. The Bertz CT molecular complexity index is 144. The van der Waals surface area contributed by atoms with Crippen molar-refractivity contribution in [3.63, 3.8) is 0 Å². The molecule has 64 valence electrons. The lowest BCUT2D eigenvalue weighted by Crippen LogP contribution is -2.35. The molecule has 0 amide bonds.